The first-order valence-electron chi connectivity index (χ1n) is 7.93. The van der Waals surface area contributed by atoms with E-state index in [1.54, 1.807) is 0 Å². The molecule has 1 fully saturated rings. The summed E-state index contributed by atoms with van der Waals surface area (Å²) in [6.07, 6.45) is 5.70. The second kappa shape index (κ2) is 6.58. The predicted molar refractivity (Wildman–Crippen MR) is 87.5 cm³/mol. The average Bonchev–Trinajstić information content (AvgIpc) is 2.62. The zero-order chi connectivity index (χ0) is 15.4. The van der Waals surface area contributed by atoms with Crippen molar-refractivity contribution < 1.29 is 4.79 Å². The molecule has 3 rings (SSSR count). The van der Waals surface area contributed by atoms with Crippen molar-refractivity contribution in [3.63, 3.8) is 0 Å². The van der Waals surface area contributed by atoms with Gasteiger partial charge in [0.05, 0.1) is 11.6 Å². The number of ketones is 1. The quantitative estimate of drug-likeness (QED) is 0.747. The summed E-state index contributed by atoms with van der Waals surface area (Å²) < 4.78 is 0. The van der Waals surface area contributed by atoms with Crippen LogP contribution in [0.15, 0.2) is 48.5 Å². The van der Waals surface area contributed by atoms with Crippen molar-refractivity contribution in [2.75, 3.05) is 0 Å². The molecule has 0 saturated heterocycles. The molecule has 0 radical (unpaired) electrons. The summed E-state index contributed by atoms with van der Waals surface area (Å²) in [5.41, 5.74) is 3.62. The summed E-state index contributed by atoms with van der Waals surface area (Å²) in [5.74, 6) is 0.514. The van der Waals surface area contributed by atoms with Crippen molar-refractivity contribution in [1.29, 1.82) is 5.26 Å². The van der Waals surface area contributed by atoms with Crippen LogP contribution in [0.4, 0.5) is 0 Å². The van der Waals surface area contributed by atoms with Crippen LogP contribution in [0.5, 0.6) is 0 Å². The molecular weight excluding hydrogens is 270 g/mol. The molecule has 1 aliphatic carbocycles. The van der Waals surface area contributed by atoms with E-state index in [9.17, 15) is 4.79 Å². The largest absolute Gasteiger partial charge is 0.294 e. The molecule has 110 valence electrons. The molecule has 0 amide bonds. The Kier molecular flexibility index (Phi) is 4.34. The van der Waals surface area contributed by atoms with E-state index in [-0.39, 0.29) is 5.92 Å². The topological polar surface area (TPSA) is 40.9 Å². The third-order valence-electron chi connectivity index (χ3n) is 4.49. The molecule has 2 heteroatoms. The minimum Gasteiger partial charge on any atom is -0.294 e. The van der Waals surface area contributed by atoms with Gasteiger partial charge >= 0.3 is 0 Å². The van der Waals surface area contributed by atoms with Gasteiger partial charge in [0, 0.05) is 11.5 Å². The van der Waals surface area contributed by atoms with Gasteiger partial charge in [-0.15, -0.1) is 0 Å². The molecule has 22 heavy (non-hydrogen) atoms. The van der Waals surface area contributed by atoms with Crippen LogP contribution >= 0.6 is 0 Å². The number of hydrogen-bond donors (Lipinski definition) is 0. The number of Topliss-reactive ketones (excluding diaryl/α,β-unsaturated/α-hetero) is 1. The number of benzene rings is 2. The lowest BCUT2D eigenvalue weighted by atomic mass is 9.83. The Morgan fingerprint density at radius 1 is 0.864 bits per heavy atom. The highest BCUT2D eigenvalue weighted by Crippen LogP contribution is 2.28. The van der Waals surface area contributed by atoms with Crippen molar-refractivity contribution in [2.45, 2.75) is 32.1 Å². The maximum absolute atomic E-state index is 12.5. The molecule has 1 aliphatic rings. The summed E-state index contributed by atoms with van der Waals surface area (Å²) in [5, 5.41) is 8.83. The van der Waals surface area contributed by atoms with Gasteiger partial charge in [-0.05, 0) is 36.1 Å². The Hall–Kier alpha value is -2.40. The molecule has 2 aromatic carbocycles. The van der Waals surface area contributed by atoms with Crippen LogP contribution in [-0.2, 0) is 0 Å². The maximum atomic E-state index is 12.5. The number of carbonyl (C=O) groups excluding carboxylic acids is 1. The molecule has 0 aliphatic heterocycles. The van der Waals surface area contributed by atoms with Gasteiger partial charge in [0.15, 0.2) is 5.78 Å². The van der Waals surface area contributed by atoms with E-state index < -0.39 is 0 Å². The van der Waals surface area contributed by atoms with Crippen LogP contribution in [0, 0.1) is 17.2 Å². The van der Waals surface area contributed by atoms with Gasteiger partial charge in [-0.2, -0.15) is 5.26 Å². The van der Waals surface area contributed by atoms with Crippen LogP contribution in [-0.4, -0.2) is 5.78 Å². The fourth-order valence-electron chi connectivity index (χ4n) is 3.16. The van der Waals surface area contributed by atoms with Gasteiger partial charge in [0.2, 0.25) is 0 Å². The number of nitrogens with zero attached hydrogens (tertiary/aromatic N) is 1. The van der Waals surface area contributed by atoms with Gasteiger partial charge < -0.3 is 0 Å². The van der Waals surface area contributed by atoms with Crippen molar-refractivity contribution in [2.24, 2.45) is 5.92 Å². The van der Waals surface area contributed by atoms with E-state index in [0.29, 0.717) is 11.3 Å². The highest BCUT2D eigenvalue weighted by Gasteiger charge is 2.22. The summed E-state index contributed by atoms with van der Waals surface area (Å²) in [6, 6.07) is 17.5. The molecule has 0 aromatic heterocycles. The molecule has 2 nitrogen and oxygen atoms in total. The first-order chi connectivity index (χ1) is 10.8. The van der Waals surface area contributed by atoms with Gasteiger partial charge in [0.25, 0.3) is 0 Å². The molecule has 0 bridgehead atoms. The number of nitriles is 1. The van der Waals surface area contributed by atoms with E-state index >= 15 is 0 Å². The molecule has 0 atom stereocenters. The van der Waals surface area contributed by atoms with E-state index in [2.05, 4.69) is 6.07 Å². The standard InChI is InChI=1S/C20H19NO/c21-14-15-6-8-16(9-7-15)17-10-12-19(13-11-17)20(22)18-4-2-1-3-5-18/h6-13,18H,1-5H2. The van der Waals surface area contributed by atoms with Gasteiger partial charge in [0.1, 0.15) is 0 Å². The zero-order valence-electron chi connectivity index (χ0n) is 12.6. The number of carbonyl (C=O) groups is 1. The Labute approximate surface area is 131 Å². The smallest absolute Gasteiger partial charge is 0.165 e. The van der Waals surface area contributed by atoms with Crippen molar-refractivity contribution in [3.05, 3.63) is 59.7 Å². The fourth-order valence-corrected chi connectivity index (χ4v) is 3.16. The fraction of sp³-hybridized carbons (Fsp3) is 0.300. The molecule has 2 aromatic rings. The number of hydrogen-bond acceptors (Lipinski definition) is 2. The number of rotatable bonds is 3. The van der Waals surface area contributed by atoms with Gasteiger partial charge in [-0.3, -0.25) is 4.79 Å². The van der Waals surface area contributed by atoms with E-state index in [4.69, 9.17) is 5.26 Å². The van der Waals surface area contributed by atoms with Gasteiger partial charge in [-0.1, -0.05) is 55.7 Å². The second-order valence-corrected chi connectivity index (χ2v) is 5.97. The Balaban J connectivity index is 1.77. The minimum atomic E-state index is 0.217. The highest BCUT2D eigenvalue weighted by atomic mass is 16.1. The summed E-state index contributed by atoms with van der Waals surface area (Å²) in [4.78, 5) is 12.5. The first kappa shape index (κ1) is 14.5. The lowest BCUT2D eigenvalue weighted by Gasteiger charge is -2.20. The van der Waals surface area contributed by atoms with Crippen LogP contribution in [0.2, 0.25) is 0 Å². The lowest BCUT2D eigenvalue weighted by Crippen LogP contribution is -2.17. The highest BCUT2D eigenvalue weighted by molar-refractivity contribution is 5.98. The third kappa shape index (κ3) is 3.09. The van der Waals surface area contributed by atoms with Gasteiger partial charge in [-0.25, -0.2) is 0 Å². The molecule has 0 N–H and O–H groups in total. The monoisotopic (exact) mass is 289 g/mol. The van der Waals surface area contributed by atoms with Crippen LogP contribution in [0.25, 0.3) is 11.1 Å². The summed E-state index contributed by atoms with van der Waals surface area (Å²) in [7, 11) is 0. The second-order valence-electron chi connectivity index (χ2n) is 5.97. The maximum Gasteiger partial charge on any atom is 0.165 e. The Morgan fingerprint density at radius 2 is 1.41 bits per heavy atom. The van der Waals surface area contributed by atoms with Crippen molar-refractivity contribution in [3.8, 4) is 17.2 Å². The predicted octanol–water partition coefficient (Wildman–Crippen LogP) is 4.99. The van der Waals surface area contributed by atoms with Crippen LogP contribution < -0.4 is 0 Å². The molecule has 0 unspecified atom stereocenters. The van der Waals surface area contributed by atoms with Crippen LogP contribution in [0.1, 0.15) is 48.0 Å². The molecule has 1 saturated carbocycles. The summed E-state index contributed by atoms with van der Waals surface area (Å²) >= 11 is 0. The Morgan fingerprint density at radius 3 is 1.95 bits per heavy atom. The van der Waals surface area contributed by atoms with E-state index in [1.165, 1.54) is 19.3 Å². The van der Waals surface area contributed by atoms with Crippen molar-refractivity contribution >= 4 is 5.78 Å². The summed E-state index contributed by atoms with van der Waals surface area (Å²) in [6.45, 7) is 0. The van der Waals surface area contributed by atoms with Crippen LogP contribution in [0.3, 0.4) is 0 Å². The minimum absolute atomic E-state index is 0.217. The average molecular weight is 289 g/mol. The molecule has 0 heterocycles. The third-order valence-corrected chi connectivity index (χ3v) is 4.49. The molecule has 0 spiro atoms. The zero-order valence-corrected chi connectivity index (χ0v) is 12.6. The molecular formula is C20H19NO. The SMILES string of the molecule is N#Cc1ccc(-c2ccc(C(=O)C3CCCCC3)cc2)cc1. The van der Waals surface area contributed by atoms with Crippen molar-refractivity contribution in [1.82, 2.24) is 0 Å². The van der Waals surface area contributed by atoms with E-state index in [1.807, 2.05) is 48.5 Å². The Bertz CT molecular complexity index is 686. The first-order valence-corrected chi connectivity index (χ1v) is 7.93. The normalized spacial score (nSPS) is 15.2. The van der Waals surface area contributed by atoms with E-state index in [0.717, 1.165) is 29.5 Å². The lowest BCUT2D eigenvalue weighted by molar-refractivity contribution is 0.0889.